The van der Waals surface area contributed by atoms with Crippen molar-refractivity contribution < 1.29 is 8.42 Å². The number of hydrogen-bond donors (Lipinski definition) is 2. The summed E-state index contributed by atoms with van der Waals surface area (Å²) in [5, 5.41) is 3.93. The van der Waals surface area contributed by atoms with E-state index in [0.717, 1.165) is 0 Å². The zero-order chi connectivity index (χ0) is 13.2. The van der Waals surface area contributed by atoms with Gasteiger partial charge < -0.3 is 5.73 Å². The first-order valence-electron chi connectivity index (χ1n) is 5.30. The van der Waals surface area contributed by atoms with Crippen molar-refractivity contribution >= 4 is 16.0 Å². The molecule has 1 aromatic carbocycles. The number of nitrogens with zero attached hydrogens (tertiary/aromatic N) is 3. The van der Waals surface area contributed by atoms with Crippen LogP contribution in [0.4, 0.5) is 5.95 Å². The minimum absolute atomic E-state index is 0.166. The quantitative estimate of drug-likeness (QED) is 0.820. The van der Waals surface area contributed by atoms with Crippen LogP contribution in [-0.4, -0.2) is 29.7 Å². The van der Waals surface area contributed by atoms with Gasteiger partial charge >= 0.3 is 0 Å². The van der Waals surface area contributed by atoms with Gasteiger partial charge in [0, 0.05) is 6.54 Å². The molecule has 96 valence electrons. The number of rotatable bonds is 4. The van der Waals surface area contributed by atoms with Crippen LogP contribution in [0.3, 0.4) is 0 Å². The second-order valence-corrected chi connectivity index (χ2v) is 5.31. The summed E-state index contributed by atoms with van der Waals surface area (Å²) in [7, 11) is -3.42. The molecule has 0 aliphatic rings. The van der Waals surface area contributed by atoms with Crippen molar-refractivity contribution in [3.05, 3.63) is 30.6 Å². The first kappa shape index (κ1) is 12.5. The summed E-state index contributed by atoms with van der Waals surface area (Å²) in [6.45, 7) is 2.08. The van der Waals surface area contributed by atoms with E-state index in [1.165, 1.54) is 23.1 Å². The Balaban J connectivity index is 2.31. The van der Waals surface area contributed by atoms with Crippen molar-refractivity contribution in [3.8, 4) is 5.69 Å². The molecule has 1 aromatic heterocycles. The number of nitrogens with two attached hydrogens (primary N) is 1. The second kappa shape index (κ2) is 4.75. The van der Waals surface area contributed by atoms with Crippen LogP contribution in [0, 0.1) is 0 Å². The fourth-order valence-electron chi connectivity index (χ4n) is 1.45. The molecule has 0 bridgehead atoms. The summed E-state index contributed by atoms with van der Waals surface area (Å²) in [6, 6.07) is 6.28. The van der Waals surface area contributed by atoms with Gasteiger partial charge in [-0.1, -0.05) is 6.92 Å². The number of hydrogen-bond acceptors (Lipinski definition) is 5. The van der Waals surface area contributed by atoms with E-state index in [4.69, 9.17) is 5.73 Å². The number of aromatic nitrogens is 3. The highest BCUT2D eigenvalue weighted by atomic mass is 32.2. The van der Waals surface area contributed by atoms with Crippen LogP contribution in [0.25, 0.3) is 5.69 Å². The Hall–Kier alpha value is -1.93. The third kappa shape index (κ3) is 2.49. The Labute approximate surface area is 105 Å². The molecule has 0 amide bonds. The van der Waals surface area contributed by atoms with E-state index in [1.54, 1.807) is 19.1 Å². The molecule has 0 spiro atoms. The Morgan fingerprint density at radius 1 is 1.33 bits per heavy atom. The lowest BCUT2D eigenvalue weighted by Crippen LogP contribution is -2.23. The normalized spacial score (nSPS) is 11.6. The maximum Gasteiger partial charge on any atom is 0.240 e. The molecule has 0 unspecified atom stereocenters. The molecular formula is C10H13N5O2S. The highest BCUT2D eigenvalue weighted by Gasteiger charge is 2.12. The van der Waals surface area contributed by atoms with Gasteiger partial charge in [0.1, 0.15) is 6.33 Å². The summed E-state index contributed by atoms with van der Waals surface area (Å²) in [6.07, 6.45) is 1.46. The molecule has 1 heterocycles. The van der Waals surface area contributed by atoms with Gasteiger partial charge in [0.25, 0.3) is 0 Å². The third-order valence-electron chi connectivity index (χ3n) is 2.26. The van der Waals surface area contributed by atoms with Crippen LogP contribution < -0.4 is 10.5 Å². The van der Waals surface area contributed by atoms with Gasteiger partial charge in [0.2, 0.25) is 16.0 Å². The lowest BCUT2D eigenvalue weighted by atomic mass is 10.3. The van der Waals surface area contributed by atoms with Crippen molar-refractivity contribution in [1.29, 1.82) is 0 Å². The Bertz CT molecular complexity index is 633. The number of sulfonamides is 1. The van der Waals surface area contributed by atoms with E-state index < -0.39 is 10.0 Å². The van der Waals surface area contributed by atoms with Crippen LogP contribution >= 0.6 is 0 Å². The molecule has 0 saturated carbocycles. The van der Waals surface area contributed by atoms with Crippen molar-refractivity contribution in [2.75, 3.05) is 12.3 Å². The van der Waals surface area contributed by atoms with Gasteiger partial charge in [-0.3, -0.25) is 0 Å². The van der Waals surface area contributed by atoms with Crippen LogP contribution in [-0.2, 0) is 10.0 Å². The van der Waals surface area contributed by atoms with Crippen LogP contribution in [0.5, 0.6) is 0 Å². The predicted molar refractivity (Wildman–Crippen MR) is 66.6 cm³/mol. The van der Waals surface area contributed by atoms with E-state index in [1.807, 2.05) is 0 Å². The van der Waals surface area contributed by atoms with Gasteiger partial charge in [-0.05, 0) is 24.3 Å². The molecule has 8 heteroatoms. The molecular weight excluding hydrogens is 254 g/mol. The SMILES string of the molecule is CCNS(=O)(=O)c1ccc(-n2cnc(N)n2)cc1. The molecule has 0 atom stereocenters. The summed E-state index contributed by atoms with van der Waals surface area (Å²) in [4.78, 5) is 4.00. The van der Waals surface area contributed by atoms with Crippen LogP contribution in [0.1, 0.15) is 6.92 Å². The summed E-state index contributed by atoms with van der Waals surface area (Å²) >= 11 is 0. The van der Waals surface area contributed by atoms with Crippen LogP contribution in [0.2, 0.25) is 0 Å². The second-order valence-electron chi connectivity index (χ2n) is 3.54. The number of nitrogens with one attached hydrogen (secondary N) is 1. The topological polar surface area (TPSA) is 103 Å². The fourth-order valence-corrected chi connectivity index (χ4v) is 2.49. The zero-order valence-corrected chi connectivity index (χ0v) is 10.6. The average molecular weight is 267 g/mol. The maximum absolute atomic E-state index is 11.7. The molecule has 0 radical (unpaired) electrons. The summed E-state index contributed by atoms with van der Waals surface area (Å²) in [5.74, 6) is 0.166. The number of nitrogen functional groups attached to an aromatic ring is 1. The molecule has 0 aliphatic heterocycles. The van der Waals surface area contributed by atoms with Crippen molar-refractivity contribution in [1.82, 2.24) is 19.5 Å². The van der Waals surface area contributed by atoms with Crippen molar-refractivity contribution in [2.24, 2.45) is 0 Å². The predicted octanol–water partition coefficient (Wildman–Crippen LogP) is 0.148. The molecule has 2 aromatic rings. The van der Waals surface area contributed by atoms with Gasteiger partial charge in [0.05, 0.1) is 10.6 Å². The minimum Gasteiger partial charge on any atom is -0.366 e. The highest BCUT2D eigenvalue weighted by Crippen LogP contribution is 2.13. The Morgan fingerprint density at radius 2 is 2.00 bits per heavy atom. The largest absolute Gasteiger partial charge is 0.366 e. The zero-order valence-electron chi connectivity index (χ0n) is 9.74. The standard InChI is InChI=1S/C10H13N5O2S/c1-2-13-18(16,17)9-5-3-8(4-6-9)15-7-12-10(11)14-15/h3-7,13H,2H2,1H3,(H2,11,14). The maximum atomic E-state index is 11.7. The van der Waals surface area contributed by atoms with E-state index >= 15 is 0 Å². The Morgan fingerprint density at radius 3 is 2.50 bits per heavy atom. The summed E-state index contributed by atoms with van der Waals surface area (Å²) in [5.41, 5.74) is 6.10. The molecule has 0 saturated heterocycles. The van der Waals surface area contributed by atoms with Crippen molar-refractivity contribution in [3.63, 3.8) is 0 Å². The number of anilines is 1. The monoisotopic (exact) mass is 267 g/mol. The average Bonchev–Trinajstić information content (AvgIpc) is 2.76. The van der Waals surface area contributed by atoms with Gasteiger partial charge in [-0.2, -0.15) is 0 Å². The van der Waals surface area contributed by atoms with Gasteiger partial charge in [-0.25, -0.2) is 22.8 Å². The molecule has 0 fully saturated rings. The summed E-state index contributed by atoms with van der Waals surface area (Å²) < 4.78 is 27.3. The molecule has 0 aliphatic carbocycles. The van der Waals surface area contributed by atoms with Gasteiger partial charge in [-0.15, -0.1) is 5.10 Å². The first-order chi connectivity index (χ1) is 8.53. The van der Waals surface area contributed by atoms with Crippen LogP contribution in [0.15, 0.2) is 35.5 Å². The van der Waals surface area contributed by atoms with E-state index in [9.17, 15) is 8.42 Å². The smallest absolute Gasteiger partial charge is 0.240 e. The lowest BCUT2D eigenvalue weighted by molar-refractivity contribution is 0.584. The highest BCUT2D eigenvalue weighted by molar-refractivity contribution is 7.89. The molecule has 3 N–H and O–H groups in total. The third-order valence-corrected chi connectivity index (χ3v) is 3.82. The van der Waals surface area contributed by atoms with E-state index in [0.29, 0.717) is 12.2 Å². The van der Waals surface area contributed by atoms with Crippen molar-refractivity contribution in [2.45, 2.75) is 11.8 Å². The number of benzene rings is 1. The first-order valence-corrected chi connectivity index (χ1v) is 6.78. The van der Waals surface area contributed by atoms with E-state index in [-0.39, 0.29) is 10.8 Å². The van der Waals surface area contributed by atoms with E-state index in [2.05, 4.69) is 14.8 Å². The lowest BCUT2D eigenvalue weighted by Gasteiger charge is -2.05. The Kier molecular flexibility index (Phi) is 3.30. The molecule has 18 heavy (non-hydrogen) atoms. The van der Waals surface area contributed by atoms with Gasteiger partial charge in [0.15, 0.2) is 0 Å². The minimum atomic E-state index is -3.42. The fraction of sp³-hybridized carbons (Fsp3) is 0.200. The molecule has 7 nitrogen and oxygen atoms in total. The molecule has 2 rings (SSSR count).